The maximum absolute atomic E-state index is 12.1. The van der Waals surface area contributed by atoms with E-state index in [-0.39, 0.29) is 24.4 Å². The van der Waals surface area contributed by atoms with Gasteiger partial charge in [-0.1, -0.05) is 15.9 Å². The van der Waals surface area contributed by atoms with Crippen LogP contribution in [0.25, 0.3) is 0 Å². The lowest BCUT2D eigenvalue weighted by Gasteiger charge is -2.23. The fourth-order valence-electron chi connectivity index (χ4n) is 1.85. The number of amides is 1. The third-order valence-electron chi connectivity index (χ3n) is 3.18. The Morgan fingerprint density at radius 1 is 1.36 bits per heavy atom. The Labute approximate surface area is 146 Å². The third kappa shape index (κ3) is 7.45. The molecule has 5 nitrogen and oxygen atoms in total. The largest absolute Gasteiger partial charge is 0.492 e. The molecule has 0 bridgehead atoms. The highest BCUT2D eigenvalue weighted by Crippen LogP contribution is 2.16. The molecule has 2 N–H and O–H groups in total. The number of halogens is 2. The van der Waals surface area contributed by atoms with E-state index < -0.39 is 0 Å². The van der Waals surface area contributed by atoms with Crippen molar-refractivity contribution in [1.82, 2.24) is 4.90 Å². The van der Waals surface area contributed by atoms with E-state index in [9.17, 15) is 4.79 Å². The fourth-order valence-corrected chi connectivity index (χ4v) is 2.11. The van der Waals surface area contributed by atoms with E-state index in [0.717, 1.165) is 10.2 Å². The highest BCUT2D eigenvalue weighted by Gasteiger charge is 2.16. The molecule has 7 heteroatoms. The van der Waals surface area contributed by atoms with E-state index in [2.05, 4.69) is 15.9 Å². The molecule has 1 aromatic rings. The summed E-state index contributed by atoms with van der Waals surface area (Å²) in [5.41, 5.74) is 5.54. The maximum Gasteiger partial charge on any atom is 0.225 e. The molecular weight excluding hydrogens is 372 g/mol. The van der Waals surface area contributed by atoms with Gasteiger partial charge in [0.1, 0.15) is 12.4 Å². The van der Waals surface area contributed by atoms with E-state index in [1.54, 1.807) is 12.0 Å². The van der Waals surface area contributed by atoms with Gasteiger partial charge in [0.2, 0.25) is 5.91 Å². The summed E-state index contributed by atoms with van der Waals surface area (Å²) in [7, 11) is 1.57. The highest BCUT2D eigenvalue weighted by atomic mass is 79.9. The van der Waals surface area contributed by atoms with Crippen molar-refractivity contribution in [3.8, 4) is 5.75 Å². The SMILES string of the molecule is CCN(CCOc1ccc(Br)cc1)C(=O)CC(CN)OC.Cl. The van der Waals surface area contributed by atoms with E-state index in [4.69, 9.17) is 15.2 Å². The lowest BCUT2D eigenvalue weighted by atomic mass is 10.2. The van der Waals surface area contributed by atoms with Gasteiger partial charge in [0.15, 0.2) is 0 Å². The Hall–Kier alpha value is -0.820. The Kier molecular flexibility index (Phi) is 11.3. The summed E-state index contributed by atoms with van der Waals surface area (Å²) < 4.78 is 11.8. The number of nitrogens with zero attached hydrogens (tertiary/aromatic N) is 1. The number of nitrogens with two attached hydrogens (primary N) is 1. The van der Waals surface area contributed by atoms with Crippen molar-refractivity contribution in [3.05, 3.63) is 28.7 Å². The third-order valence-corrected chi connectivity index (χ3v) is 3.71. The van der Waals surface area contributed by atoms with Gasteiger partial charge in [0.05, 0.1) is 19.1 Å². The zero-order valence-electron chi connectivity index (χ0n) is 13.0. The van der Waals surface area contributed by atoms with Crippen molar-refractivity contribution in [2.24, 2.45) is 5.73 Å². The van der Waals surface area contributed by atoms with Crippen molar-refractivity contribution in [2.75, 3.05) is 33.4 Å². The zero-order valence-corrected chi connectivity index (χ0v) is 15.4. The predicted molar refractivity (Wildman–Crippen MR) is 93.6 cm³/mol. The first kappa shape index (κ1) is 21.2. The van der Waals surface area contributed by atoms with Crippen LogP contribution >= 0.6 is 28.3 Å². The summed E-state index contributed by atoms with van der Waals surface area (Å²) in [4.78, 5) is 13.9. The summed E-state index contributed by atoms with van der Waals surface area (Å²) in [5.74, 6) is 0.827. The smallest absolute Gasteiger partial charge is 0.225 e. The van der Waals surface area contributed by atoms with Crippen LogP contribution in [0.1, 0.15) is 13.3 Å². The zero-order chi connectivity index (χ0) is 15.7. The topological polar surface area (TPSA) is 64.8 Å². The number of hydrogen-bond acceptors (Lipinski definition) is 4. The number of hydrogen-bond donors (Lipinski definition) is 1. The van der Waals surface area contributed by atoms with Gasteiger partial charge in [-0.2, -0.15) is 0 Å². The van der Waals surface area contributed by atoms with E-state index in [0.29, 0.717) is 32.7 Å². The standard InChI is InChI=1S/C15H23BrN2O3.ClH/c1-3-18(15(19)10-14(11-17)20-2)8-9-21-13-6-4-12(16)5-7-13;/h4-7,14H,3,8-11,17H2,1-2H3;1H. The number of carbonyl (C=O) groups is 1. The Balaban J connectivity index is 0.00000441. The summed E-state index contributed by atoms with van der Waals surface area (Å²) >= 11 is 3.37. The minimum Gasteiger partial charge on any atom is -0.492 e. The highest BCUT2D eigenvalue weighted by molar-refractivity contribution is 9.10. The van der Waals surface area contributed by atoms with Crippen molar-refractivity contribution in [3.63, 3.8) is 0 Å². The second kappa shape index (κ2) is 11.7. The molecule has 1 atom stereocenters. The monoisotopic (exact) mass is 394 g/mol. The maximum atomic E-state index is 12.1. The molecule has 0 radical (unpaired) electrons. The number of rotatable bonds is 9. The van der Waals surface area contributed by atoms with Crippen molar-refractivity contribution in [2.45, 2.75) is 19.4 Å². The molecule has 0 saturated carbocycles. The number of carbonyl (C=O) groups excluding carboxylic acids is 1. The van der Waals surface area contributed by atoms with Gasteiger partial charge in [0, 0.05) is 24.7 Å². The molecule has 0 fully saturated rings. The molecule has 1 aromatic carbocycles. The molecule has 0 aliphatic carbocycles. The molecule has 0 aliphatic rings. The van der Waals surface area contributed by atoms with E-state index in [1.807, 2.05) is 31.2 Å². The number of methoxy groups -OCH3 is 1. The number of benzene rings is 1. The first-order valence-corrected chi connectivity index (χ1v) is 7.79. The van der Waals surface area contributed by atoms with Crippen LogP contribution in [0.4, 0.5) is 0 Å². The fraction of sp³-hybridized carbons (Fsp3) is 0.533. The second-order valence-corrected chi connectivity index (χ2v) is 5.49. The van der Waals surface area contributed by atoms with E-state index >= 15 is 0 Å². The van der Waals surface area contributed by atoms with Gasteiger partial charge >= 0.3 is 0 Å². The van der Waals surface area contributed by atoms with Gasteiger partial charge < -0.3 is 20.1 Å². The first-order valence-electron chi connectivity index (χ1n) is 6.99. The Bertz CT molecular complexity index is 427. The van der Waals surface area contributed by atoms with E-state index in [1.165, 1.54) is 0 Å². The lowest BCUT2D eigenvalue weighted by molar-refractivity contribution is -0.133. The van der Waals surface area contributed by atoms with Crippen LogP contribution in [0.3, 0.4) is 0 Å². The quantitative estimate of drug-likeness (QED) is 0.697. The molecule has 0 saturated heterocycles. The van der Waals surface area contributed by atoms with Crippen molar-refractivity contribution >= 4 is 34.2 Å². The van der Waals surface area contributed by atoms with Crippen molar-refractivity contribution < 1.29 is 14.3 Å². The number of ether oxygens (including phenoxy) is 2. The molecule has 1 amide bonds. The molecule has 1 rings (SSSR count). The molecule has 0 aromatic heterocycles. The van der Waals surface area contributed by atoms with Gasteiger partial charge in [-0.15, -0.1) is 12.4 Å². The Morgan fingerprint density at radius 3 is 2.50 bits per heavy atom. The van der Waals surface area contributed by atoms with Crippen LogP contribution < -0.4 is 10.5 Å². The summed E-state index contributed by atoms with van der Waals surface area (Å²) in [6, 6.07) is 7.61. The van der Waals surface area contributed by atoms with Crippen LogP contribution in [-0.4, -0.2) is 50.3 Å². The van der Waals surface area contributed by atoms with Crippen LogP contribution in [0.2, 0.25) is 0 Å². The second-order valence-electron chi connectivity index (χ2n) is 4.57. The predicted octanol–water partition coefficient (Wildman–Crippen LogP) is 2.46. The Morgan fingerprint density at radius 2 is 2.00 bits per heavy atom. The van der Waals surface area contributed by atoms with Crippen LogP contribution in [-0.2, 0) is 9.53 Å². The summed E-state index contributed by atoms with van der Waals surface area (Å²) in [6.45, 7) is 3.94. The van der Waals surface area contributed by atoms with Crippen molar-refractivity contribution in [1.29, 1.82) is 0 Å². The molecule has 0 heterocycles. The lowest BCUT2D eigenvalue weighted by Crippen LogP contribution is -2.38. The summed E-state index contributed by atoms with van der Waals surface area (Å²) in [5, 5.41) is 0. The molecular formula is C15H24BrClN2O3. The normalized spacial score (nSPS) is 11.5. The van der Waals surface area contributed by atoms with Crippen LogP contribution in [0.15, 0.2) is 28.7 Å². The minimum absolute atomic E-state index is 0. The molecule has 22 heavy (non-hydrogen) atoms. The molecule has 0 aliphatic heterocycles. The molecule has 0 spiro atoms. The van der Waals surface area contributed by atoms with Crippen LogP contribution in [0.5, 0.6) is 5.75 Å². The average Bonchev–Trinajstić information content (AvgIpc) is 2.50. The summed E-state index contributed by atoms with van der Waals surface area (Å²) in [6.07, 6.45) is 0.0815. The molecule has 126 valence electrons. The van der Waals surface area contributed by atoms with Gasteiger partial charge in [-0.25, -0.2) is 0 Å². The average molecular weight is 396 g/mol. The van der Waals surface area contributed by atoms with Gasteiger partial charge in [-0.05, 0) is 31.2 Å². The van der Waals surface area contributed by atoms with Gasteiger partial charge in [0.25, 0.3) is 0 Å². The van der Waals surface area contributed by atoms with Gasteiger partial charge in [-0.3, -0.25) is 4.79 Å². The molecule has 1 unspecified atom stereocenters. The number of likely N-dealkylation sites (N-methyl/N-ethyl adjacent to an activating group) is 1. The first-order chi connectivity index (χ1) is 10.1. The van der Waals surface area contributed by atoms with Crippen LogP contribution in [0, 0.1) is 0 Å². The minimum atomic E-state index is -0.223.